The second-order valence-electron chi connectivity index (χ2n) is 6.60. The first-order valence-electron chi connectivity index (χ1n) is 7.97. The maximum atomic E-state index is 12.4. The third kappa shape index (κ3) is 2.73. The van der Waals surface area contributed by atoms with Gasteiger partial charge in [-0.15, -0.1) is 0 Å². The zero-order chi connectivity index (χ0) is 15.0. The fourth-order valence-corrected chi connectivity index (χ4v) is 4.19. The van der Waals surface area contributed by atoms with Crippen molar-refractivity contribution in [3.05, 3.63) is 0 Å². The average molecular weight is 296 g/mol. The van der Waals surface area contributed by atoms with Gasteiger partial charge < -0.3 is 20.1 Å². The number of carboxylic acid groups (broad SMARTS) is 1. The number of nitrogens with one attached hydrogen (secondary N) is 1. The van der Waals surface area contributed by atoms with Crippen LogP contribution in [0.4, 0.5) is 4.79 Å². The summed E-state index contributed by atoms with van der Waals surface area (Å²) in [6, 6.07) is -0.870. The molecule has 1 saturated carbocycles. The molecule has 3 aliphatic rings. The Kier molecular flexibility index (Phi) is 4.06. The van der Waals surface area contributed by atoms with Gasteiger partial charge in [0.2, 0.25) is 0 Å². The number of carbonyl (C=O) groups is 2. The smallest absolute Gasteiger partial charge is 0.326 e. The minimum Gasteiger partial charge on any atom is -0.480 e. The summed E-state index contributed by atoms with van der Waals surface area (Å²) in [5.74, 6) is -0.0241. The molecule has 0 spiro atoms. The molecule has 118 valence electrons. The number of fused-ring (bicyclic) bond motifs is 1. The topological polar surface area (TPSA) is 78.9 Å². The van der Waals surface area contributed by atoms with Gasteiger partial charge in [-0.3, -0.25) is 0 Å². The number of aliphatic carboxylic acids is 1. The Morgan fingerprint density at radius 3 is 2.81 bits per heavy atom. The van der Waals surface area contributed by atoms with Crippen LogP contribution in [0.2, 0.25) is 0 Å². The van der Waals surface area contributed by atoms with Gasteiger partial charge in [0.05, 0.1) is 6.10 Å². The van der Waals surface area contributed by atoms with E-state index < -0.39 is 12.0 Å². The second kappa shape index (κ2) is 5.83. The highest BCUT2D eigenvalue weighted by atomic mass is 16.5. The van der Waals surface area contributed by atoms with E-state index in [-0.39, 0.29) is 18.1 Å². The molecule has 0 aromatic rings. The molecule has 2 aliphatic heterocycles. The molecule has 3 rings (SSSR count). The van der Waals surface area contributed by atoms with Crippen LogP contribution >= 0.6 is 0 Å². The normalized spacial score (nSPS) is 38.5. The lowest BCUT2D eigenvalue weighted by molar-refractivity contribution is -0.142. The van der Waals surface area contributed by atoms with E-state index in [0.717, 1.165) is 32.3 Å². The lowest BCUT2D eigenvalue weighted by Crippen LogP contribution is -2.49. The summed E-state index contributed by atoms with van der Waals surface area (Å²) in [6.07, 6.45) is 4.18. The molecule has 3 fully saturated rings. The molecular formula is C15H24N2O4. The zero-order valence-corrected chi connectivity index (χ0v) is 12.5. The fourth-order valence-electron chi connectivity index (χ4n) is 4.19. The number of likely N-dealkylation sites (tertiary alicyclic amines) is 1. The predicted octanol–water partition coefficient (Wildman–Crippen LogP) is 1.31. The lowest BCUT2D eigenvalue weighted by Gasteiger charge is -2.25. The van der Waals surface area contributed by atoms with Crippen LogP contribution in [-0.4, -0.2) is 53.8 Å². The molecule has 6 nitrogen and oxygen atoms in total. The molecule has 2 heterocycles. The van der Waals surface area contributed by atoms with E-state index in [1.165, 1.54) is 4.90 Å². The van der Waals surface area contributed by atoms with Crippen LogP contribution < -0.4 is 5.32 Å². The summed E-state index contributed by atoms with van der Waals surface area (Å²) in [4.78, 5) is 25.4. The average Bonchev–Trinajstić information content (AvgIpc) is 3.10. The molecule has 0 aromatic heterocycles. The van der Waals surface area contributed by atoms with Gasteiger partial charge >= 0.3 is 12.0 Å². The van der Waals surface area contributed by atoms with Crippen molar-refractivity contribution in [2.45, 2.75) is 44.8 Å². The predicted molar refractivity (Wildman–Crippen MR) is 75.9 cm³/mol. The Hall–Kier alpha value is -1.30. The van der Waals surface area contributed by atoms with E-state index in [1.54, 1.807) is 0 Å². The third-order valence-electron chi connectivity index (χ3n) is 5.45. The van der Waals surface area contributed by atoms with Gasteiger partial charge in [0, 0.05) is 25.6 Å². The molecule has 2 amide bonds. The van der Waals surface area contributed by atoms with E-state index in [2.05, 4.69) is 5.32 Å². The quantitative estimate of drug-likeness (QED) is 0.823. The van der Waals surface area contributed by atoms with Crippen LogP contribution in [0.1, 0.15) is 32.6 Å². The first-order valence-corrected chi connectivity index (χ1v) is 7.97. The highest BCUT2D eigenvalue weighted by Gasteiger charge is 2.49. The molecule has 2 saturated heterocycles. The Morgan fingerprint density at radius 2 is 2.14 bits per heavy atom. The van der Waals surface area contributed by atoms with Crippen molar-refractivity contribution in [2.75, 3.05) is 19.7 Å². The van der Waals surface area contributed by atoms with E-state index in [0.29, 0.717) is 24.9 Å². The van der Waals surface area contributed by atoms with E-state index in [1.807, 2.05) is 6.92 Å². The van der Waals surface area contributed by atoms with Gasteiger partial charge in [-0.25, -0.2) is 9.59 Å². The highest BCUT2D eigenvalue weighted by molar-refractivity contribution is 5.83. The Labute approximate surface area is 124 Å². The second-order valence-corrected chi connectivity index (χ2v) is 6.60. The largest absolute Gasteiger partial charge is 0.480 e. The number of hydrogen-bond acceptors (Lipinski definition) is 3. The summed E-state index contributed by atoms with van der Waals surface area (Å²) in [5.41, 5.74) is 0. The van der Waals surface area contributed by atoms with Crippen LogP contribution in [0.25, 0.3) is 0 Å². The molecule has 0 radical (unpaired) electrons. The van der Waals surface area contributed by atoms with Crippen molar-refractivity contribution in [3.8, 4) is 0 Å². The molecule has 5 atom stereocenters. The molecule has 21 heavy (non-hydrogen) atoms. The number of urea groups is 1. The summed E-state index contributed by atoms with van der Waals surface area (Å²) >= 11 is 0. The lowest BCUT2D eigenvalue weighted by atomic mass is 9.94. The van der Waals surface area contributed by atoms with Crippen LogP contribution in [0.3, 0.4) is 0 Å². The van der Waals surface area contributed by atoms with Crippen molar-refractivity contribution in [1.82, 2.24) is 10.2 Å². The molecular weight excluding hydrogens is 272 g/mol. The number of carbonyl (C=O) groups excluding carboxylic acids is 1. The van der Waals surface area contributed by atoms with E-state index in [4.69, 9.17) is 4.74 Å². The molecule has 0 aromatic carbocycles. The van der Waals surface area contributed by atoms with Gasteiger partial charge in [0.25, 0.3) is 0 Å². The molecule has 0 bridgehead atoms. The van der Waals surface area contributed by atoms with Crippen molar-refractivity contribution >= 4 is 12.0 Å². The zero-order valence-electron chi connectivity index (χ0n) is 12.5. The standard InChI is InChI=1S/C15H24N2O4/c1-9-10(5-6-21-9)7-16-15(20)17-8-11-3-2-4-12(11)13(17)14(18)19/h9-13H,2-8H2,1H3,(H,16,20)(H,18,19). The summed E-state index contributed by atoms with van der Waals surface area (Å²) < 4.78 is 5.48. The van der Waals surface area contributed by atoms with Crippen molar-refractivity contribution in [1.29, 1.82) is 0 Å². The monoisotopic (exact) mass is 296 g/mol. The van der Waals surface area contributed by atoms with Gasteiger partial charge in [0.1, 0.15) is 6.04 Å². The summed E-state index contributed by atoms with van der Waals surface area (Å²) in [5, 5.41) is 12.4. The summed E-state index contributed by atoms with van der Waals surface area (Å²) in [7, 11) is 0. The Morgan fingerprint density at radius 1 is 1.33 bits per heavy atom. The number of ether oxygens (including phenoxy) is 1. The van der Waals surface area contributed by atoms with Gasteiger partial charge in [-0.05, 0) is 38.0 Å². The van der Waals surface area contributed by atoms with Crippen LogP contribution in [-0.2, 0) is 9.53 Å². The third-order valence-corrected chi connectivity index (χ3v) is 5.45. The highest BCUT2D eigenvalue weighted by Crippen LogP contribution is 2.42. The van der Waals surface area contributed by atoms with Crippen LogP contribution in [0, 0.1) is 17.8 Å². The number of carboxylic acids is 1. The SMILES string of the molecule is CC1OCCC1CNC(=O)N1CC2CCCC2C1C(=O)O. The first-order chi connectivity index (χ1) is 10.1. The molecule has 2 N–H and O–H groups in total. The minimum atomic E-state index is -0.864. The van der Waals surface area contributed by atoms with Crippen molar-refractivity contribution < 1.29 is 19.4 Å². The van der Waals surface area contributed by atoms with E-state index >= 15 is 0 Å². The Bertz CT molecular complexity index is 428. The summed E-state index contributed by atoms with van der Waals surface area (Å²) in [6.45, 7) is 3.92. The number of nitrogens with zero attached hydrogens (tertiary/aromatic N) is 1. The van der Waals surface area contributed by atoms with Crippen LogP contribution in [0.15, 0.2) is 0 Å². The number of amides is 2. The maximum absolute atomic E-state index is 12.4. The maximum Gasteiger partial charge on any atom is 0.326 e. The molecule has 1 aliphatic carbocycles. The minimum absolute atomic E-state index is 0.141. The van der Waals surface area contributed by atoms with E-state index in [9.17, 15) is 14.7 Å². The van der Waals surface area contributed by atoms with Crippen molar-refractivity contribution in [2.24, 2.45) is 17.8 Å². The van der Waals surface area contributed by atoms with Crippen LogP contribution in [0.5, 0.6) is 0 Å². The van der Waals surface area contributed by atoms with Gasteiger partial charge in [-0.1, -0.05) is 6.42 Å². The van der Waals surface area contributed by atoms with Gasteiger partial charge in [-0.2, -0.15) is 0 Å². The molecule has 6 heteroatoms. The first kappa shape index (κ1) is 14.6. The number of hydrogen-bond donors (Lipinski definition) is 2. The Balaban J connectivity index is 1.59. The van der Waals surface area contributed by atoms with Gasteiger partial charge in [0.15, 0.2) is 0 Å². The molecule has 5 unspecified atom stereocenters. The number of rotatable bonds is 3. The van der Waals surface area contributed by atoms with Crippen molar-refractivity contribution in [3.63, 3.8) is 0 Å². The fraction of sp³-hybridized carbons (Fsp3) is 0.867.